The zero-order chi connectivity index (χ0) is 28.0. The summed E-state index contributed by atoms with van der Waals surface area (Å²) in [7, 11) is 0. The van der Waals surface area contributed by atoms with Crippen LogP contribution in [0.25, 0.3) is 0 Å². The molecule has 0 bridgehead atoms. The second-order valence-electron chi connectivity index (χ2n) is 10.0. The number of rotatable bonds is 14. The van der Waals surface area contributed by atoms with Crippen molar-refractivity contribution in [2.75, 3.05) is 12.7 Å². The fourth-order valence-electron chi connectivity index (χ4n) is 4.96. The van der Waals surface area contributed by atoms with Gasteiger partial charge in [0.1, 0.15) is 6.07 Å². The summed E-state index contributed by atoms with van der Waals surface area (Å²) in [6.45, 7) is 6.61. The number of benzene rings is 2. The maximum Gasteiger partial charge on any atom is 0.308 e. The number of ether oxygens (including phenoxy) is 1. The van der Waals surface area contributed by atoms with Crippen molar-refractivity contribution >= 4 is 17.6 Å². The summed E-state index contributed by atoms with van der Waals surface area (Å²) in [6.07, 6.45) is 12.8. The number of aryl methyl sites for hydroxylation is 1. The van der Waals surface area contributed by atoms with Crippen LogP contribution < -0.4 is 0 Å². The summed E-state index contributed by atoms with van der Waals surface area (Å²) < 4.78 is 4.98. The number of carbonyl (C=O) groups is 1. The number of aliphatic carboxylic acids is 1. The Morgan fingerprint density at radius 1 is 0.947 bits per heavy atom. The minimum absolute atomic E-state index is 0.241. The molecule has 0 amide bonds. The maximum atomic E-state index is 11.0. The van der Waals surface area contributed by atoms with E-state index in [9.17, 15) is 4.79 Å². The first-order valence-corrected chi connectivity index (χ1v) is 15.2. The van der Waals surface area contributed by atoms with Crippen LogP contribution in [0.15, 0.2) is 54.6 Å². The van der Waals surface area contributed by atoms with Gasteiger partial charge in [0.05, 0.1) is 19.1 Å². The molecular weight excluding hydrogens is 496 g/mol. The normalized spacial score (nSPS) is 17.4. The van der Waals surface area contributed by atoms with Gasteiger partial charge in [-0.2, -0.15) is 0 Å². The van der Waals surface area contributed by atoms with E-state index in [1.54, 1.807) is 0 Å². The third-order valence-electron chi connectivity index (χ3n) is 7.30. The summed E-state index contributed by atoms with van der Waals surface area (Å²) in [6, 6.07) is 19.5. The molecule has 214 valence electrons. The number of carboxylic acid groups (broad SMARTS) is 1. The Hall–Kier alpha value is -1.88. The highest BCUT2D eigenvalue weighted by Crippen LogP contribution is 2.38. The van der Waals surface area contributed by atoms with E-state index in [0.717, 1.165) is 12.0 Å². The highest BCUT2D eigenvalue weighted by atomic mass is 35.5. The van der Waals surface area contributed by atoms with Crippen molar-refractivity contribution in [1.82, 2.24) is 0 Å². The van der Waals surface area contributed by atoms with Gasteiger partial charge in [0.2, 0.25) is 0 Å². The average molecular weight is 547 g/mol. The highest BCUT2D eigenvalue weighted by molar-refractivity contribution is 6.17. The lowest BCUT2D eigenvalue weighted by atomic mass is 9.76. The molecule has 2 N–H and O–H groups in total. The van der Waals surface area contributed by atoms with Gasteiger partial charge in [-0.15, -0.1) is 0 Å². The van der Waals surface area contributed by atoms with Gasteiger partial charge < -0.3 is 14.9 Å². The molecule has 0 spiro atoms. The number of unbranched alkanes of at least 4 members (excludes halogenated alkanes) is 3. The lowest BCUT2D eigenvalue weighted by Crippen LogP contribution is -2.20. The van der Waals surface area contributed by atoms with E-state index in [2.05, 4.69) is 31.2 Å². The number of hydrogen-bond donors (Lipinski definition) is 2. The van der Waals surface area contributed by atoms with Gasteiger partial charge in [-0.25, -0.2) is 0 Å². The van der Waals surface area contributed by atoms with Crippen LogP contribution in [0.4, 0.5) is 0 Å². The van der Waals surface area contributed by atoms with Crippen LogP contribution in [0.2, 0.25) is 0 Å². The molecule has 0 radical (unpaired) electrons. The largest absolute Gasteiger partial charge is 0.481 e. The number of alkyl halides is 1. The van der Waals surface area contributed by atoms with Crippen LogP contribution in [0.3, 0.4) is 0 Å². The Balaban J connectivity index is 0.000000501. The molecular formula is C33H51ClO4. The maximum absolute atomic E-state index is 11.0. The smallest absolute Gasteiger partial charge is 0.308 e. The van der Waals surface area contributed by atoms with E-state index in [0.29, 0.717) is 24.9 Å². The number of aliphatic hydroxyl groups excluding tert-OH is 1. The van der Waals surface area contributed by atoms with Gasteiger partial charge in [-0.1, -0.05) is 106 Å². The quantitative estimate of drug-likeness (QED) is 0.183. The van der Waals surface area contributed by atoms with E-state index in [1.165, 1.54) is 68.9 Å². The molecule has 2 aromatic rings. The lowest BCUT2D eigenvalue weighted by molar-refractivity contribution is -0.143. The van der Waals surface area contributed by atoms with Crippen LogP contribution in [0.5, 0.6) is 0 Å². The van der Waals surface area contributed by atoms with E-state index in [-0.39, 0.29) is 12.7 Å². The van der Waals surface area contributed by atoms with Crippen molar-refractivity contribution in [3.05, 3.63) is 71.3 Å². The van der Waals surface area contributed by atoms with Gasteiger partial charge in [-0.3, -0.25) is 4.79 Å². The average Bonchev–Trinajstić information content (AvgIpc) is 2.97. The summed E-state index contributed by atoms with van der Waals surface area (Å²) >= 11 is 5.33. The first-order valence-electron chi connectivity index (χ1n) is 14.7. The number of hydrogen-bond acceptors (Lipinski definition) is 3. The third-order valence-corrected chi connectivity index (χ3v) is 7.45. The Labute approximate surface area is 236 Å². The second kappa shape index (κ2) is 22.0. The van der Waals surface area contributed by atoms with Crippen molar-refractivity contribution in [3.63, 3.8) is 0 Å². The van der Waals surface area contributed by atoms with E-state index in [1.807, 2.05) is 44.2 Å². The molecule has 1 saturated carbocycles. The minimum Gasteiger partial charge on any atom is -0.481 e. The van der Waals surface area contributed by atoms with Crippen LogP contribution in [0, 0.1) is 11.8 Å². The molecule has 1 unspecified atom stereocenters. The summed E-state index contributed by atoms with van der Waals surface area (Å²) in [5, 5.41) is 18.2. The fourth-order valence-corrected chi connectivity index (χ4v) is 5.03. The van der Waals surface area contributed by atoms with Gasteiger partial charge >= 0.3 is 5.97 Å². The summed E-state index contributed by atoms with van der Waals surface area (Å²) in [4.78, 5) is 11.0. The van der Waals surface area contributed by atoms with Crippen LogP contribution in [-0.4, -0.2) is 28.9 Å². The zero-order valence-corrected chi connectivity index (χ0v) is 24.7. The summed E-state index contributed by atoms with van der Waals surface area (Å²) in [5.74, 6) is -0.167. The molecule has 1 aliphatic carbocycles. The predicted octanol–water partition coefficient (Wildman–Crippen LogP) is 8.98. The third kappa shape index (κ3) is 14.3. The monoisotopic (exact) mass is 546 g/mol. The summed E-state index contributed by atoms with van der Waals surface area (Å²) in [5.41, 5.74) is 4.09. The van der Waals surface area contributed by atoms with Gasteiger partial charge in [0.25, 0.3) is 0 Å². The van der Waals surface area contributed by atoms with Gasteiger partial charge in [0.15, 0.2) is 0 Å². The molecule has 3 rings (SSSR count). The molecule has 0 aliphatic heterocycles. The Morgan fingerprint density at radius 2 is 1.61 bits per heavy atom. The Kier molecular flexibility index (Phi) is 19.8. The highest BCUT2D eigenvalue weighted by Gasteiger charge is 2.24. The molecule has 0 aromatic heterocycles. The standard InChI is InChI=1S/C23H36O3.C8H9ClO.C2H6/c1-2-3-4-5-6-18-7-12-20(13-8-18)21-14-9-19(10-15-21)11-16-22(17-24)23(25)26;9-7-10-6-8-4-2-1-3-5-8;1-2/h7-8,12-13,19,21-22,24H,2-6,9-11,14-17H2,1H3,(H,25,26);1-5H,6-7H2;1-2H3. The minimum atomic E-state index is -0.865. The molecule has 1 fully saturated rings. The molecule has 0 heterocycles. The molecule has 2 aromatic carbocycles. The van der Waals surface area contributed by atoms with E-state index >= 15 is 0 Å². The molecule has 1 atom stereocenters. The first kappa shape index (κ1) is 34.1. The van der Waals surface area contributed by atoms with Gasteiger partial charge in [0, 0.05) is 0 Å². The number of carboxylic acids is 1. The number of aliphatic hydroxyl groups is 1. The van der Waals surface area contributed by atoms with Crippen molar-refractivity contribution in [2.45, 2.75) is 104 Å². The van der Waals surface area contributed by atoms with Crippen LogP contribution in [0.1, 0.15) is 108 Å². The van der Waals surface area contributed by atoms with Crippen molar-refractivity contribution in [2.24, 2.45) is 11.8 Å². The predicted molar refractivity (Wildman–Crippen MR) is 160 cm³/mol. The Bertz CT molecular complexity index is 817. The van der Waals surface area contributed by atoms with E-state index in [4.69, 9.17) is 26.6 Å². The first-order chi connectivity index (χ1) is 18.6. The molecule has 38 heavy (non-hydrogen) atoms. The topological polar surface area (TPSA) is 66.8 Å². The second-order valence-corrected chi connectivity index (χ2v) is 10.2. The molecule has 0 saturated heterocycles. The zero-order valence-electron chi connectivity index (χ0n) is 23.9. The molecule has 5 heteroatoms. The SMILES string of the molecule is CC.CCCCCCc1ccc(C2CCC(CCC(CO)C(=O)O)CC2)cc1.ClCOCc1ccccc1. The van der Waals surface area contributed by atoms with Crippen LogP contribution >= 0.6 is 11.6 Å². The van der Waals surface area contributed by atoms with Crippen molar-refractivity contribution in [3.8, 4) is 0 Å². The van der Waals surface area contributed by atoms with Crippen molar-refractivity contribution in [1.29, 1.82) is 0 Å². The Morgan fingerprint density at radius 3 is 2.16 bits per heavy atom. The van der Waals surface area contributed by atoms with Gasteiger partial charge in [-0.05, 0) is 79.9 Å². The lowest BCUT2D eigenvalue weighted by Gasteiger charge is -2.29. The van der Waals surface area contributed by atoms with Crippen molar-refractivity contribution < 1.29 is 19.7 Å². The van der Waals surface area contributed by atoms with E-state index < -0.39 is 11.9 Å². The number of halogens is 1. The van der Waals surface area contributed by atoms with Crippen LogP contribution in [-0.2, 0) is 22.6 Å². The molecule has 4 nitrogen and oxygen atoms in total. The fraction of sp³-hybridized carbons (Fsp3) is 0.606. The molecule has 1 aliphatic rings.